The number of hydrogen-bond acceptors (Lipinski definition) is 8. The van der Waals surface area contributed by atoms with Gasteiger partial charge in [0.2, 0.25) is 17.5 Å². The Morgan fingerprint density at radius 1 is 0.938 bits per heavy atom. The van der Waals surface area contributed by atoms with Gasteiger partial charge in [-0.2, -0.15) is 0 Å². The summed E-state index contributed by atoms with van der Waals surface area (Å²) in [6.07, 6.45) is 1.40. The van der Waals surface area contributed by atoms with Gasteiger partial charge in [0.1, 0.15) is 6.33 Å². The number of carbonyl (C=O) groups is 1. The van der Waals surface area contributed by atoms with Crippen LogP contribution in [0.4, 0.5) is 23.0 Å². The Morgan fingerprint density at radius 2 is 1.56 bits per heavy atom. The number of nitro groups is 1. The monoisotopic (exact) mass is 433 g/mol. The Bertz CT molecular complexity index is 1070. The van der Waals surface area contributed by atoms with Gasteiger partial charge in [0.25, 0.3) is 0 Å². The van der Waals surface area contributed by atoms with Gasteiger partial charge < -0.3 is 9.80 Å². The van der Waals surface area contributed by atoms with Gasteiger partial charge in [-0.05, 0) is 17.7 Å². The molecule has 1 fully saturated rings. The topological polar surface area (TPSA) is 117 Å². The first kappa shape index (κ1) is 21.0. The van der Waals surface area contributed by atoms with E-state index in [-0.39, 0.29) is 29.7 Å². The first-order valence-electron chi connectivity index (χ1n) is 10.2. The zero-order valence-corrected chi connectivity index (χ0v) is 17.3. The number of nitrogens with one attached hydrogen (secondary N) is 2. The molecule has 4 rings (SSSR count). The molecule has 32 heavy (non-hydrogen) atoms. The van der Waals surface area contributed by atoms with Crippen LogP contribution in [0.1, 0.15) is 5.56 Å². The van der Waals surface area contributed by atoms with Crippen LogP contribution in [0.5, 0.6) is 0 Å². The average Bonchev–Trinajstić information content (AvgIpc) is 2.83. The molecule has 1 aromatic heterocycles. The van der Waals surface area contributed by atoms with Crippen molar-refractivity contribution in [1.29, 1.82) is 0 Å². The summed E-state index contributed by atoms with van der Waals surface area (Å²) in [5, 5.41) is 11.8. The van der Waals surface area contributed by atoms with E-state index in [0.717, 1.165) is 11.3 Å². The Kier molecular flexibility index (Phi) is 6.40. The smallest absolute Gasteiger partial charge is 0.355 e. The highest BCUT2D eigenvalue weighted by Crippen LogP contribution is 2.32. The average molecular weight is 433 g/mol. The maximum absolute atomic E-state index is 12.2. The Balaban J connectivity index is 1.44. The summed E-state index contributed by atoms with van der Waals surface area (Å²) in [5.74, 6) is -0.147. The molecule has 0 saturated carbocycles. The second-order valence-electron chi connectivity index (χ2n) is 7.30. The minimum absolute atomic E-state index is 0.0492. The maximum atomic E-state index is 12.2. The van der Waals surface area contributed by atoms with Crippen LogP contribution in [-0.4, -0.2) is 47.0 Å². The highest BCUT2D eigenvalue weighted by Gasteiger charge is 2.29. The molecule has 0 spiro atoms. The summed E-state index contributed by atoms with van der Waals surface area (Å²) in [7, 11) is 0. The van der Waals surface area contributed by atoms with Crippen LogP contribution in [0.3, 0.4) is 0 Å². The fourth-order valence-electron chi connectivity index (χ4n) is 3.63. The Labute approximate surface area is 185 Å². The van der Waals surface area contributed by atoms with Crippen LogP contribution >= 0.6 is 0 Å². The number of anilines is 3. The molecule has 1 aliphatic rings. The first-order chi connectivity index (χ1) is 15.6. The van der Waals surface area contributed by atoms with Crippen LogP contribution in [0.25, 0.3) is 0 Å². The third kappa shape index (κ3) is 4.91. The number of benzene rings is 2. The second kappa shape index (κ2) is 9.73. The van der Waals surface area contributed by atoms with Crippen LogP contribution in [0.2, 0.25) is 0 Å². The normalized spacial score (nSPS) is 13.5. The van der Waals surface area contributed by atoms with Crippen LogP contribution in [0, 0.1) is 10.1 Å². The van der Waals surface area contributed by atoms with Crippen LogP contribution in [-0.2, 0) is 11.2 Å². The van der Waals surface area contributed by atoms with E-state index >= 15 is 0 Å². The molecular formula is C22H23N7O3. The third-order valence-electron chi connectivity index (χ3n) is 5.21. The number of hydrazine groups is 1. The van der Waals surface area contributed by atoms with Gasteiger partial charge in [-0.25, -0.2) is 9.97 Å². The number of piperazine rings is 1. The zero-order chi connectivity index (χ0) is 22.3. The summed E-state index contributed by atoms with van der Waals surface area (Å²) in [5.41, 5.74) is 6.78. The van der Waals surface area contributed by atoms with Crippen molar-refractivity contribution in [3.05, 3.63) is 82.7 Å². The summed E-state index contributed by atoms with van der Waals surface area (Å²) in [6.45, 7) is 2.57. The fraction of sp³-hybridized carbons (Fsp3) is 0.227. The SMILES string of the molecule is O=C(Cc1ccccc1)NNc1ncnc(N2CCN(c3ccccc3)CC2)c1[N+](=O)[O-]. The van der Waals surface area contributed by atoms with Crippen molar-refractivity contribution in [3.63, 3.8) is 0 Å². The van der Waals surface area contributed by atoms with Crippen molar-refractivity contribution in [1.82, 2.24) is 15.4 Å². The van der Waals surface area contributed by atoms with E-state index in [4.69, 9.17) is 0 Å². The number of para-hydroxylation sites is 1. The lowest BCUT2D eigenvalue weighted by atomic mass is 10.1. The van der Waals surface area contributed by atoms with Gasteiger partial charge in [-0.1, -0.05) is 48.5 Å². The minimum Gasteiger partial charge on any atom is -0.368 e. The molecule has 2 N–H and O–H groups in total. The Hall–Kier alpha value is -4.21. The lowest BCUT2D eigenvalue weighted by Gasteiger charge is -2.36. The van der Waals surface area contributed by atoms with Gasteiger partial charge in [-0.15, -0.1) is 0 Å². The minimum atomic E-state index is -0.523. The van der Waals surface area contributed by atoms with E-state index in [1.807, 2.05) is 65.6 Å². The van der Waals surface area contributed by atoms with E-state index in [2.05, 4.69) is 25.7 Å². The number of rotatable bonds is 7. The maximum Gasteiger partial charge on any atom is 0.355 e. The molecule has 0 bridgehead atoms. The second-order valence-corrected chi connectivity index (χ2v) is 7.30. The lowest BCUT2D eigenvalue weighted by molar-refractivity contribution is -0.383. The van der Waals surface area contributed by atoms with E-state index in [0.29, 0.717) is 26.2 Å². The lowest BCUT2D eigenvalue weighted by Crippen LogP contribution is -2.47. The highest BCUT2D eigenvalue weighted by molar-refractivity contribution is 5.81. The van der Waals surface area contributed by atoms with E-state index in [9.17, 15) is 14.9 Å². The predicted molar refractivity (Wildman–Crippen MR) is 121 cm³/mol. The molecule has 3 aromatic rings. The van der Waals surface area contributed by atoms with Crippen molar-refractivity contribution >= 4 is 28.9 Å². The predicted octanol–water partition coefficient (Wildman–Crippen LogP) is 2.40. The van der Waals surface area contributed by atoms with Crippen molar-refractivity contribution < 1.29 is 9.72 Å². The molecule has 164 valence electrons. The van der Waals surface area contributed by atoms with E-state index < -0.39 is 4.92 Å². The molecule has 10 nitrogen and oxygen atoms in total. The van der Waals surface area contributed by atoms with E-state index in [1.165, 1.54) is 6.33 Å². The highest BCUT2D eigenvalue weighted by atomic mass is 16.6. The van der Waals surface area contributed by atoms with Crippen molar-refractivity contribution in [3.8, 4) is 0 Å². The van der Waals surface area contributed by atoms with E-state index in [1.54, 1.807) is 0 Å². The molecule has 0 radical (unpaired) electrons. The summed E-state index contributed by atoms with van der Waals surface area (Å²) < 4.78 is 0. The van der Waals surface area contributed by atoms with Crippen LogP contribution in [0.15, 0.2) is 67.0 Å². The number of carbonyl (C=O) groups excluding carboxylic acids is 1. The summed E-state index contributed by atoms with van der Waals surface area (Å²) in [6, 6.07) is 19.3. The number of aromatic nitrogens is 2. The third-order valence-corrected chi connectivity index (χ3v) is 5.21. The number of amides is 1. The fourth-order valence-corrected chi connectivity index (χ4v) is 3.63. The summed E-state index contributed by atoms with van der Waals surface area (Å²) in [4.78, 5) is 35.8. The molecule has 1 amide bonds. The largest absolute Gasteiger partial charge is 0.368 e. The van der Waals surface area contributed by atoms with Gasteiger partial charge in [0.05, 0.1) is 11.3 Å². The van der Waals surface area contributed by atoms with Gasteiger partial charge in [0, 0.05) is 31.9 Å². The van der Waals surface area contributed by atoms with Gasteiger partial charge in [0.15, 0.2) is 0 Å². The van der Waals surface area contributed by atoms with Crippen LogP contribution < -0.4 is 20.7 Å². The first-order valence-corrected chi connectivity index (χ1v) is 10.2. The van der Waals surface area contributed by atoms with Gasteiger partial charge in [-0.3, -0.25) is 25.8 Å². The number of nitrogens with zero attached hydrogens (tertiary/aromatic N) is 5. The van der Waals surface area contributed by atoms with Crippen molar-refractivity contribution in [2.45, 2.75) is 6.42 Å². The quantitative estimate of drug-likeness (QED) is 0.431. The number of hydrogen-bond donors (Lipinski definition) is 2. The molecule has 10 heteroatoms. The molecular weight excluding hydrogens is 410 g/mol. The van der Waals surface area contributed by atoms with Crippen molar-refractivity contribution in [2.24, 2.45) is 0 Å². The molecule has 2 heterocycles. The zero-order valence-electron chi connectivity index (χ0n) is 17.3. The summed E-state index contributed by atoms with van der Waals surface area (Å²) >= 11 is 0. The molecule has 2 aromatic carbocycles. The molecule has 0 aliphatic carbocycles. The molecule has 0 atom stereocenters. The standard InChI is InChI=1S/C22H23N7O3/c30-19(15-17-7-3-1-4-8-17)25-26-21-20(29(31)32)22(24-16-23-21)28-13-11-27(12-14-28)18-9-5-2-6-10-18/h1-10,16H,11-15H2,(H,25,30)(H,23,24,26). The molecule has 1 aliphatic heterocycles. The Morgan fingerprint density at radius 3 is 2.22 bits per heavy atom. The molecule has 0 unspecified atom stereocenters. The van der Waals surface area contributed by atoms with Gasteiger partial charge >= 0.3 is 5.69 Å². The molecule has 1 saturated heterocycles. The van der Waals surface area contributed by atoms with Crippen molar-refractivity contribution in [2.75, 3.05) is 41.4 Å².